The van der Waals surface area contributed by atoms with Gasteiger partial charge in [0, 0.05) is 31.7 Å². The molecule has 2 fully saturated rings. The molecule has 2 saturated heterocycles. The number of para-hydroxylation sites is 2. The standard InChI is InChI=1S/C21H27N3O2S/c1-2-26-20-8-4-3-7-19(20)23-21(25)22-15-12-16-9-10-17(13-15)24(16)14-18-6-5-11-27-18/h3-8,11,15-17H,2,9-10,12-14H2,1H3,(H2,22,23,25)/p+1/t15?,16-,17+. The molecule has 2 amide bonds. The SMILES string of the molecule is CCOc1ccccc1NC(=O)NC1C[C@H]2CC[C@@H](C1)[NH+]2Cc1cccs1. The van der Waals surface area contributed by atoms with Crippen molar-refractivity contribution in [3.8, 4) is 5.75 Å². The molecule has 6 heteroatoms. The highest BCUT2D eigenvalue weighted by molar-refractivity contribution is 7.09. The number of carbonyl (C=O) groups is 1. The van der Waals surface area contributed by atoms with Crippen LogP contribution in [0.5, 0.6) is 5.75 Å². The highest BCUT2D eigenvalue weighted by atomic mass is 32.1. The summed E-state index contributed by atoms with van der Waals surface area (Å²) >= 11 is 1.85. The zero-order chi connectivity index (χ0) is 18.6. The highest BCUT2D eigenvalue weighted by Crippen LogP contribution is 2.26. The van der Waals surface area contributed by atoms with E-state index in [-0.39, 0.29) is 12.1 Å². The number of fused-ring (bicyclic) bond motifs is 2. The van der Waals surface area contributed by atoms with Crippen molar-refractivity contribution in [3.05, 3.63) is 46.7 Å². The van der Waals surface area contributed by atoms with Crippen LogP contribution in [0.25, 0.3) is 0 Å². The van der Waals surface area contributed by atoms with Gasteiger partial charge in [-0.3, -0.25) is 0 Å². The summed E-state index contributed by atoms with van der Waals surface area (Å²) in [5.74, 6) is 0.713. The maximum atomic E-state index is 12.5. The van der Waals surface area contributed by atoms with Crippen molar-refractivity contribution in [3.63, 3.8) is 0 Å². The van der Waals surface area contributed by atoms with E-state index < -0.39 is 0 Å². The number of rotatable bonds is 6. The summed E-state index contributed by atoms with van der Waals surface area (Å²) < 4.78 is 5.59. The molecule has 3 N–H and O–H groups in total. The van der Waals surface area contributed by atoms with E-state index in [1.165, 1.54) is 17.7 Å². The molecule has 0 radical (unpaired) electrons. The molecule has 2 bridgehead atoms. The van der Waals surface area contributed by atoms with Crippen LogP contribution in [0.1, 0.15) is 37.5 Å². The maximum absolute atomic E-state index is 12.5. The third kappa shape index (κ3) is 4.28. The molecule has 4 rings (SSSR count). The summed E-state index contributed by atoms with van der Waals surface area (Å²) in [6.45, 7) is 3.65. The van der Waals surface area contributed by atoms with Crippen LogP contribution in [0.15, 0.2) is 41.8 Å². The molecular weight excluding hydrogens is 358 g/mol. The second-order valence-corrected chi connectivity index (χ2v) is 8.53. The van der Waals surface area contributed by atoms with Gasteiger partial charge >= 0.3 is 6.03 Å². The first kappa shape index (κ1) is 18.3. The van der Waals surface area contributed by atoms with Gasteiger partial charge in [0.15, 0.2) is 0 Å². The zero-order valence-electron chi connectivity index (χ0n) is 15.7. The summed E-state index contributed by atoms with van der Waals surface area (Å²) in [5.41, 5.74) is 0.723. The number of quaternary nitrogens is 1. The lowest BCUT2D eigenvalue weighted by molar-refractivity contribution is -0.954. The molecule has 5 nitrogen and oxygen atoms in total. The fraction of sp³-hybridized carbons (Fsp3) is 0.476. The number of hydrogen-bond acceptors (Lipinski definition) is 3. The van der Waals surface area contributed by atoms with E-state index in [2.05, 4.69) is 28.1 Å². The third-order valence-electron chi connectivity index (χ3n) is 5.78. The molecule has 2 aliphatic heterocycles. The average molecular weight is 387 g/mol. The lowest BCUT2D eigenvalue weighted by Gasteiger charge is -2.36. The summed E-state index contributed by atoms with van der Waals surface area (Å²) in [6, 6.07) is 13.4. The van der Waals surface area contributed by atoms with Crippen molar-refractivity contribution in [2.45, 2.75) is 57.3 Å². The summed E-state index contributed by atoms with van der Waals surface area (Å²) in [4.78, 5) is 15.7. The first-order chi connectivity index (χ1) is 13.2. The normalized spacial score (nSPS) is 26.6. The third-order valence-corrected chi connectivity index (χ3v) is 6.66. The topological polar surface area (TPSA) is 54.8 Å². The number of ether oxygens (including phenoxy) is 1. The lowest BCUT2D eigenvalue weighted by atomic mass is 9.97. The van der Waals surface area contributed by atoms with E-state index in [1.807, 2.05) is 42.5 Å². The highest BCUT2D eigenvalue weighted by Gasteiger charge is 2.44. The van der Waals surface area contributed by atoms with Gasteiger partial charge < -0.3 is 20.3 Å². The quantitative estimate of drug-likeness (QED) is 0.715. The van der Waals surface area contributed by atoms with Gasteiger partial charge in [0.2, 0.25) is 0 Å². The number of carbonyl (C=O) groups excluding carboxylic acids is 1. The molecule has 0 spiro atoms. The van der Waals surface area contributed by atoms with Gasteiger partial charge in [-0.2, -0.15) is 0 Å². The second-order valence-electron chi connectivity index (χ2n) is 7.50. The molecule has 2 unspecified atom stereocenters. The van der Waals surface area contributed by atoms with E-state index in [9.17, 15) is 4.79 Å². The number of piperidine rings is 1. The number of hydrogen-bond donors (Lipinski definition) is 3. The first-order valence-corrected chi connectivity index (χ1v) is 10.8. The van der Waals surface area contributed by atoms with Crippen LogP contribution < -0.4 is 20.3 Å². The predicted octanol–water partition coefficient (Wildman–Crippen LogP) is 3.05. The minimum Gasteiger partial charge on any atom is -0.492 e. The van der Waals surface area contributed by atoms with Crippen LogP contribution in [-0.4, -0.2) is 30.8 Å². The van der Waals surface area contributed by atoms with Crippen molar-refractivity contribution >= 4 is 23.1 Å². The minimum atomic E-state index is -0.131. The van der Waals surface area contributed by atoms with E-state index in [4.69, 9.17) is 4.74 Å². The smallest absolute Gasteiger partial charge is 0.319 e. The Hall–Kier alpha value is -2.05. The fourth-order valence-electron chi connectivity index (χ4n) is 4.64. The van der Waals surface area contributed by atoms with Crippen LogP contribution in [0.4, 0.5) is 10.5 Å². The molecule has 3 heterocycles. The van der Waals surface area contributed by atoms with Gasteiger partial charge in [0.1, 0.15) is 12.3 Å². The number of anilines is 1. The van der Waals surface area contributed by atoms with Crippen molar-refractivity contribution in [2.75, 3.05) is 11.9 Å². The van der Waals surface area contributed by atoms with Crippen LogP contribution in [0.2, 0.25) is 0 Å². The molecule has 4 atom stereocenters. The Kier molecular flexibility index (Phi) is 5.64. The van der Waals surface area contributed by atoms with Crippen LogP contribution in [0, 0.1) is 0 Å². The van der Waals surface area contributed by atoms with E-state index in [0.29, 0.717) is 24.4 Å². The molecule has 0 aliphatic carbocycles. The second kappa shape index (κ2) is 8.31. The van der Waals surface area contributed by atoms with Gasteiger partial charge in [0.25, 0.3) is 0 Å². The molecule has 144 valence electrons. The minimum absolute atomic E-state index is 0.131. The predicted molar refractivity (Wildman–Crippen MR) is 109 cm³/mol. The Morgan fingerprint density at radius 3 is 2.67 bits per heavy atom. The van der Waals surface area contributed by atoms with Gasteiger partial charge in [-0.05, 0) is 30.5 Å². The monoisotopic (exact) mass is 386 g/mol. The molecule has 2 aromatic rings. The van der Waals surface area contributed by atoms with Crippen LogP contribution >= 0.6 is 11.3 Å². The van der Waals surface area contributed by atoms with Crippen molar-refractivity contribution < 1.29 is 14.4 Å². The lowest BCUT2D eigenvalue weighted by Crippen LogP contribution is -3.17. The van der Waals surface area contributed by atoms with E-state index in [0.717, 1.165) is 25.1 Å². The molecule has 2 aliphatic rings. The van der Waals surface area contributed by atoms with Crippen molar-refractivity contribution in [1.82, 2.24) is 5.32 Å². The van der Waals surface area contributed by atoms with Gasteiger partial charge in [-0.1, -0.05) is 18.2 Å². The van der Waals surface area contributed by atoms with Gasteiger partial charge in [-0.15, -0.1) is 11.3 Å². The number of benzene rings is 1. The maximum Gasteiger partial charge on any atom is 0.319 e. The summed E-state index contributed by atoms with van der Waals surface area (Å²) in [7, 11) is 0. The Morgan fingerprint density at radius 2 is 1.96 bits per heavy atom. The van der Waals surface area contributed by atoms with Crippen LogP contribution in [-0.2, 0) is 6.54 Å². The molecule has 0 saturated carbocycles. The van der Waals surface area contributed by atoms with E-state index in [1.54, 1.807) is 4.90 Å². The summed E-state index contributed by atoms with van der Waals surface area (Å²) in [5, 5.41) is 8.32. The van der Waals surface area contributed by atoms with Gasteiger partial charge in [0.05, 0.1) is 29.3 Å². The molecule has 1 aromatic heterocycles. The Bertz CT molecular complexity index is 751. The number of nitrogens with one attached hydrogen (secondary N) is 3. The van der Waals surface area contributed by atoms with Gasteiger partial charge in [-0.25, -0.2) is 4.79 Å². The Balaban J connectivity index is 1.33. The number of amides is 2. The number of thiophene rings is 1. The van der Waals surface area contributed by atoms with Crippen molar-refractivity contribution in [1.29, 1.82) is 0 Å². The number of urea groups is 1. The van der Waals surface area contributed by atoms with E-state index >= 15 is 0 Å². The Morgan fingerprint density at radius 1 is 1.19 bits per heavy atom. The first-order valence-electron chi connectivity index (χ1n) is 9.90. The molecule has 27 heavy (non-hydrogen) atoms. The van der Waals surface area contributed by atoms with Crippen molar-refractivity contribution in [2.24, 2.45) is 0 Å². The Labute approximate surface area is 164 Å². The zero-order valence-corrected chi connectivity index (χ0v) is 16.6. The largest absolute Gasteiger partial charge is 0.492 e. The summed E-state index contributed by atoms with van der Waals surface area (Å²) in [6.07, 6.45) is 4.69. The van der Waals surface area contributed by atoms with Crippen LogP contribution in [0.3, 0.4) is 0 Å². The fourth-order valence-corrected chi connectivity index (χ4v) is 5.38. The molecular formula is C21H28N3O2S+. The average Bonchev–Trinajstić information content (AvgIpc) is 3.24. The molecule has 1 aromatic carbocycles.